The minimum absolute atomic E-state index is 0.0596. The number of nitrogens with one attached hydrogen (secondary N) is 1. The maximum absolute atomic E-state index is 13.0. The lowest BCUT2D eigenvalue weighted by molar-refractivity contribution is 0.0600. The number of anilines is 1. The van der Waals surface area contributed by atoms with E-state index in [1.54, 1.807) is 47.5 Å². The van der Waals surface area contributed by atoms with Gasteiger partial charge in [0.1, 0.15) is 6.17 Å². The predicted molar refractivity (Wildman–Crippen MR) is 105 cm³/mol. The predicted octanol–water partition coefficient (Wildman–Crippen LogP) is 3.63. The van der Waals surface area contributed by atoms with E-state index in [1.165, 1.54) is 7.11 Å². The van der Waals surface area contributed by atoms with Crippen molar-refractivity contribution < 1.29 is 14.3 Å². The Morgan fingerprint density at radius 1 is 1.07 bits per heavy atom. The van der Waals surface area contributed by atoms with Crippen LogP contribution in [0.1, 0.15) is 38.1 Å². The first-order valence-corrected chi connectivity index (χ1v) is 8.92. The number of nitrogens with zero attached hydrogens (tertiary/aromatic N) is 2. The molecule has 0 bridgehead atoms. The van der Waals surface area contributed by atoms with Crippen molar-refractivity contribution in [1.82, 2.24) is 9.88 Å². The zero-order valence-corrected chi connectivity index (χ0v) is 15.3. The van der Waals surface area contributed by atoms with Gasteiger partial charge in [-0.1, -0.05) is 30.3 Å². The molecule has 6 heteroatoms. The molecule has 1 aliphatic heterocycles. The topological polar surface area (TPSA) is 71.5 Å². The van der Waals surface area contributed by atoms with E-state index < -0.39 is 6.17 Å². The molecule has 2 aromatic carbocycles. The lowest BCUT2D eigenvalue weighted by Gasteiger charge is -2.26. The molecule has 1 unspecified atom stereocenters. The van der Waals surface area contributed by atoms with E-state index in [2.05, 4.69) is 10.3 Å². The van der Waals surface area contributed by atoms with Gasteiger partial charge in [0.15, 0.2) is 0 Å². The second-order valence-electron chi connectivity index (χ2n) is 6.47. The number of aromatic nitrogens is 1. The molecule has 0 radical (unpaired) electrons. The Labute approximate surface area is 162 Å². The summed E-state index contributed by atoms with van der Waals surface area (Å²) in [4.78, 5) is 30.8. The van der Waals surface area contributed by atoms with E-state index in [0.717, 1.165) is 11.3 Å². The fraction of sp³-hybridized carbons (Fsp3) is 0.136. The molecule has 0 saturated carbocycles. The fourth-order valence-electron chi connectivity index (χ4n) is 3.30. The number of methoxy groups -OCH3 is 1. The maximum Gasteiger partial charge on any atom is 0.337 e. The van der Waals surface area contributed by atoms with Crippen LogP contribution in [0.15, 0.2) is 72.9 Å². The first kappa shape index (κ1) is 17.7. The number of ether oxygens (including phenoxy) is 1. The van der Waals surface area contributed by atoms with Crippen LogP contribution in [-0.4, -0.2) is 28.9 Å². The van der Waals surface area contributed by atoms with E-state index in [4.69, 9.17) is 4.74 Å². The highest BCUT2D eigenvalue weighted by Gasteiger charge is 2.37. The van der Waals surface area contributed by atoms with Gasteiger partial charge in [-0.15, -0.1) is 0 Å². The fourth-order valence-corrected chi connectivity index (χ4v) is 3.30. The Morgan fingerprint density at radius 3 is 2.54 bits per heavy atom. The molecule has 0 fully saturated rings. The Morgan fingerprint density at radius 2 is 1.82 bits per heavy atom. The number of benzene rings is 2. The normalized spacial score (nSPS) is 15.2. The van der Waals surface area contributed by atoms with Crippen LogP contribution >= 0.6 is 0 Å². The number of carbonyl (C=O) groups is 2. The van der Waals surface area contributed by atoms with Gasteiger partial charge < -0.3 is 15.0 Å². The highest BCUT2D eigenvalue weighted by atomic mass is 16.5. The quantitative estimate of drug-likeness (QED) is 0.692. The first-order chi connectivity index (χ1) is 13.7. The van der Waals surface area contributed by atoms with Crippen LogP contribution in [0, 0.1) is 0 Å². The average molecular weight is 373 g/mol. The van der Waals surface area contributed by atoms with Crippen LogP contribution in [0.2, 0.25) is 0 Å². The molecule has 1 N–H and O–H groups in total. The van der Waals surface area contributed by atoms with Gasteiger partial charge in [0.25, 0.3) is 5.91 Å². The summed E-state index contributed by atoms with van der Waals surface area (Å²) in [6.07, 6.45) is 1.29. The van der Waals surface area contributed by atoms with Crippen LogP contribution in [0.25, 0.3) is 0 Å². The van der Waals surface area contributed by atoms with Crippen molar-refractivity contribution in [1.29, 1.82) is 0 Å². The number of carbonyl (C=O) groups excluding carboxylic acids is 2. The number of pyridine rings is 1. The van der Waals surface area contributed by atoms with Crippen LogP contribution in [-0.2, 0) is 11.3 Å². The summed E-state index contributed by atoms with van der Waals surface area (Å²) in [5, 5.41) is 3.37. The molecule has 140 valence electrons. The third kappa shape index (κ3) is 3.32. The van der Waals surface area contributed by atoms with Crippen molar-refractivity contribution in [3.63, 3.8) is 0 Å². The minimum atomic E-state index is -0.395. The molecule has 2 heterocycles. The van der Waals surface area contributed by atoms with Gasteiger partial charge in [-0.25, -0.2) is 4.79 Å². The van der Waals surface area contributed by atoms with Gasteiger partial charge in [0.2, 0.25) is 0 Å². The molecular formula is C22H19N3O3. The molecule has 28 heavy (non-hydrogen) atoms. The largest absolute Gasteiger partial charge is 0.465 e. The number of fused-ring (bicyclic) bond motifs is 1. The summed E-state index contributed by atoms with van der Waals surface area (Å²) in [5.41, 5.74) is 3.58. The zero-order chi connectivity index (χ0) is 19.5. The third-order valence-corrected chi connectivity index (χ3v) is 4.71. The average Bonchev–Trinajstić information content (AvgIpc) is 3.00. The van der Waals surface area contributed by atoms with Gasteiger partial charge in [-0.05, 0) is 42.0 Å². The second-order valence-corrected chi connectivity index (χ2v) is 6.47. The molecule has 1 aromatic heterocycles. The van der Waals surface area contributed by atoms with Crippen LogP contribution in [0.5, 0.6) is 0 Å². The molecular weight excluding hydrogens is 354 g/mol. The van der Waals surface area contributed by atoms with Crippen molar-refractivity contribution >= 4 is 17.6 Å². The smallest absolute Gasteiger partial charge is 0.337 e. The molecule has 6 nitrogen and oxygen atoms in total. The number of hydrogen-bond acceptors (Lipinski definition) is 5. The summed E-state index contributed by atoms with van der Waals surface area (Å²) >= 11 is 0. The van der Waals surface area contributed by atoms with E-state index in [9.17, 15) is 9.59 Å². The zero-order valence-electron chi connectivity index (χ0n) is 15.3. The summed E-state index contributed by atoms with van der Waals surface area (Å²) in [6, 6.07) is 20.4. The Balaban J connectivity index is 1.63. The highest BCUT2D eigenvalue weighted by Crippen LogP contribution is 2.34. The van der Waals surface area contributed by atoms with E-state index >= 15 is 0 Å². The van der Waals surface area contributed by atoms with Gasteiger partial charge in [0, 0.05) is 18.4 Å². The van der Waals surface area contributed by atoms with Crippen LogP contribution in [0.4, 0.5) is 5.69 Å². The molecule has 3 aromatic rings. The van der Waals surface area contributed by atoms with E-state index in [-0.39, 0.29) is 11.9 Å². The molecule has 0 aliphatic carbocycles. The maximum atomic E-state index is 13.0. The number of hydrogen-bond donors (Lipinski definition) is 1. The van der Waals surface area contributed by atoms with Crippen molar-refractivity contribution in [2.75, 3.05) is 12.4 Å². The molecule has 1 atom stereocenters. The van der Waals surface area contributed by atoms with E-state index in [1.807, 2.05) is 30.3 Å². The molecule has 0 saturated heterocycles. The van der Waals surface area contributed by atoms with Crippen LogP contribution < -0.4 is 5.32 Å². The van der Waals surface area contributed by atoms with Gasteiger partial charge in [0.05, 0.1) is 23.9 Å². The second kappa shape index (κ2) is 7.52. The SMILES string of the molecule is COC(=O)c1ccc(NC2c3ncccc3C(=O)N2Cc2ccccc2)cc1. The summed E-state index contributed by atoms with van der Waals surface area (Å²) in [7, 11) is 1.35. The minimum Gasteiger partial charge on any atom is -0.465 e. The van der Waals surface area contributed by atoms with Gasteiger partial charge >= 0.3 is 5.97 Å². The lowest BCUT2D eigenvalue weighted by Crippen LogP contribution is -2.32. The Hall–Kier alpha value is -3.67. The number of rotatable bonds is 5. The van der Waals surface area contributed by atoms with Crippen LogP contribution in [0.3, 0.4) is 0 Å². The highest BCUT2D eigenvalue weighted by molar-refractivity contribution is 5.99. The third-order valence-electron chi connectivity index (χ3n) is 4.71. The number of esters is 1. The van der Waals surface area contributed by atoms with Crippen molar-refractivity contribution in [3.8, 4) is 0 Å². The molecule has 0 spiro atoms. The van der Waals surface area contributed by atoms with Gasteiger partial charge in [-0.3, -0.25) is 9.78 Å². The Kier molecular flexibility index (Phi) is 4.76. The standard InChI is InChI=1S/C22H19N3O3/c1-28-22(27)16-9-11-17(12-10-16)24-20-19-18(8-5-13-23-19)21(26)25(20)14-15-6-3-2-4-7-15/h2-13,20,24H,14H2,1H3. The van der Waals surface area contributed by atoms with E-state index in [0.29, 0.717) is 23.4 Å². The monoisotopic (exact) mass is 373 g/mol. The molecule has 4 rings (SSSR count). The van der Waals surface area contributed by atoms with Gasteiger partial charge in [-0.2, -0.15) is 0 Å². The summed E-state index contributed by atoms with van der Waals surface area (Å²) in [6.45, 7) is 0.466. The summed E-state index contributed by atoms with van der Waals surface area (Å²) in [5.74, 6) is -0.448. The Bertz CT molecular complexity index is 1000. The van der Waals surface area contributed by atoms with Crippen molar-refractivity contribution in [3.05, 3.63) is 95.3 Å². The molecule has 1 amide bonds. The lowest BCUT2D eigenvalue weighted by atomic mass is 10.2. The first-order valence-electron chi connectivity index (χ1n) is 8.92. The summed E-state index contributed by atoms with van der Waals surface area (Å²) < 4.78 is 4.73. The van der Waals surface area contributed by atoms with Crippen molar-refractivity contribution in [2.24, 2.45) is 0 Å². The van der Waals surface area contributed by atoms with Crippen molar-refractivity contribution in [2.45, 2.75) is 12.7 Å². The molecule has 1 aliphatic rings. The number of amides is 1.